The number of ether oxygens (including phenoxy) is 2. The van der Waals surface area contributed by atoms with Gasteiger partial charge in [-0.15, -0.1) is 0 Å². The molecule has 35 heavy (non-hydrogen) atoms. The van der Waals surface area contributed by atoms with Crippen LogP contribution in [0.4, 0.5) is 5.82 Å². The molecule has 4 rings (SSSR count). The smallest absolute Gasteiger partial charge is 0.337 e. The van der Waals surface area contributed by atoms with Gasteiger partial charge < -0.3 is 24.4 Å². The second kappa shape index (κ2) is 10.5. The minimum absolute atomic E-state index is 0.0216. The van der Waals surface area contributed by atoms with Crippen molar-refractivity contribution in [3.63, 3.8) is 0 Å². The molecule has 2 N–H and O–H groups in total. The Hall–Kier alpha value is -4.66. The fourth-order valence-electron chi connectivity index (χ4n) is 3.23. The quantitative estimate of drug-likeness (QED) is 0.355. The van der Waals surface area contributed by atoms with Crippen molar-refractivity contribution in [2.24, 2.45) is 0 Å². The number of hydrogen-bond donors (Lipinski definition) is 2. The summed E-state index contributed by atoms with van der Waals surface area (Å²) < 4.78 is 16.9. The molecule has 0 saturated carbocycles. The molecule has 4 aromatic rings. The number of benzene rings is 2. The summed E-state index contributed by atoms with van der Waals surface area (Å²) in [4.78, 5) is 27.9. The number of carboxylic acid groups (broad SMARTS) is 1. The molecule has 2 aromatic heterocycles. The minimum Gasteiger partial charge on any atom is -0.489 e. The maximum absolute atomic E-state index is 12.9. The van der Waals surface area contributed by atoms with Crippen molar-refractivity contribution < 1.29 is 28.7 Å². The lowest BCUT2D eigenvalue weighted by Gasteiger charge is -2.13. The molecule has 0 aliphatic rings. The summed E-state index contributed by atoms with van der Waals surface area (Å²) in [6.45, 7) is 4.26. The molecule has 0 fully saturated rings. The van der Waals surface area contributed by atoms with Gasteiger partial charge in [-0.05, 0) is 49.2 Å². The van der Waals surface area contributed by atoms with E-state index in [0.29, 0.717) is 29.6 Å². The molecule has 0 aliphatic carbocycles. The lowest BCUT2D eigenvalue weighted by molar-refractivity contribution is 0.0696. The van der Waals surface area contributed by atoms with Crippen LogP contribution in [0.1, 0.15) is 43.3 Å². The van der Waals surface area contributed by atoms with Crippen LogP contribution in [0.2, 0.25) is 0 Å². The predicted octanol–water partition coefficient (Wildman–Crippen LogP) is 4.79. The third-order valence-electron chi connectivity index (χ3n) is 5.11. The number of anilines is 1. The number of rotatable bonds is 9. The lowest BCUT2D eigenvalue weighted by atomic mass is 10.1. The topological polar surface area (TPSA) is 124 Å². The van der Waals surface area contributed by atoms with Gasteiger partial charge >= 0.3 is 5.97 Å². The highest BCUT2D eigenvalue weighted by atomic mass is 16.5. The number of amides is 1. The number of nitrogens with one attached hydrogen (secondary N) is 1. The van der Waals surface area contributed by atoms with Gasteiger partial charge in [0.05, 0.1) is 5.56 Å². The molecule has 0 unspecified atom stereocenters. The van der Waals surface area contributed by atoms with Crippen LogP contribution in [-0.2, 0) is 13.2 Å². The Kier molecular flexibility index (Phi) is 7.06. The summed E-state index contributed by atoms with van der Waals surface area (Å²) in [7, 11) is 0. The van der Waals surface area contributed by atoms with Crippen molar-refractivity contribution in [2.45, 2.75) is 27.1 Å². The molecule has 0 aliphatic heterocycles. The fraction of sp³-hybridized carbons (Fsp3) is 0.154. The van der Waals surface area contributed by atoms with E-state index < -0.39 is 11.9 Å². The van der Waals surface area contributed by atoms with Crippen LogP contribution in [-0.4, -0.2) is 27.1 Å². The number of aromatic nitrogens is 2. The molecule has 0 atom stereocenters. The van der Waals surface area contributed by atoms with E-state index in [1.54, 1.807) is 31.2 Å². The van der Waals surface area contributed by atoms with Crippen molar-refractivity contribution in [3.05, 3.63) is 101 Å². The van der Waals surface area contributed by atoms with Crippen LogP contribution in [0, 0.1) is 13.8 Å². The molecule has 0 bridgehead atoms. The molecule has 2 aromatic carbocycles. The molecule has 0 radical (unpaired) electrons. The molecule has 9 heteroatoms. The van der Waals surface area contributed by atoms with Crippen molar-refractivity contribution in [1.82, 2.24) is 10.1 Å². The third kappa shape index (κ3) is 6.23. The Morgan fingerprint density at radius 2 is 1.69 bits per heavy atom. The molecule has 2 heterocycles. The van der Waals surface area contributed by atoms with Crippen molar-refractivity contribution in [2.75, 3.05) is 5.32 Å². The van der Waals surface area contributed by atoms with Crippen LogP contribution < -0.4 is 14.8 Å². The normalized spacial score (nSPS) is 10.6. The lowest BCUT2D eigenvalue weighted by Crippen LogP contribution is -2.14. The van der Waals surface area contributed by atoms with E-state index in [0.717, 1.165) is 11.1 Å². The number of pyridine rings is 1. The monoisotopic (exact) mass is 473 g/mol. The number of aromatic carboxylic acids is 1. The predicted molar refractivity (Wildman–Crippen MR) is 127 cm³/mol. The average molecular weight is 473 g/mol. The first-order valence-electron chi connectivity index (χ1n) is 10.8. The average Bonchev–Trinajstić information content (AvgIpc) is 3.27. The molecule has 9 nitrogen and oxygen atoms in total. The number of carbonyl (C=O) groups excluding carboxylic acids is 1. The number of carbonyl (C=O) groups is 2. The van der Waals surface area contributed by atoms with E-state index in [2.05, 4.69) is 15.5 Å². The summed E-state index contributed by atoms with van der Waals surface area (Å²) in [6, 6.07) is 17.3. The van der Waals surface area contributed by atoms with Crippen LogP contribution in [0.25, 0.3) is 0 Å². The molecular formula is C26H23N3O6. The highest BCUT2D eigenvalue weighted by Gasteiger charge is 2.13. The SMILES string of the molecule is Cc1cc(COc2cc(OCc3ccccc3C)cc(C(=O)Nc3ccc(C(=O)O)cn3)c2)no1. The summed E-state index contributed by atoms with van der Waals surface area (Å²) in [6.07, 6.45) is 1.17. The first kappa shape index (κ1) is 23.5. The second-order valence-corrected chi connectivity index (χ2v) is 7.82. The minimum atomic E-state index is -1.10. The fourth-order valence-corrected chi connectivity index (χ4v) is 3.23. The molecular weight excluding hydrogens is 450 g/mol. The summed E-state index contributed by atoms with van der Waals surface area (Å²) >= 11 is 0. The Labute approximate surface area is 201 Å². The maximum Gasteiger partial charge on any atom is 0.337 e. The van der Waals surface area contributed by atoms with Gasteiger partial charge in [0, 0.05) is 23.9 Å². The molecule has 0 spiro atoms. The number of aryl methyl sites for hydroxylation is 2. The maximum atomic E-state index is 12.9. The van der Waals surface area contributed by atoms with E-state index >= 15 is 0 Å². The third-order valence-corrected chi connectivity index (χ3v) is 5.11. The van der Waals surface area contributed by atoms with Gasteiger partial charge in [0.1, 0.15) is 42.0 Å². The van der Waals surface area contributed by atoms with Gasteiger partial charge in [-0.2, -0.15) is 0 Å². The van der Waals surface area contributed by atoms with Crippen molar-refractivity contribution in [1.29, 1.82) is 0 Å². The summed E-state index contributed by atoms with van der Waals surface area (Å²) in [5.41, 5.74) is 3.03. The Balaban J connectivity index is 1.54. The molecule has 178 valence electrons. The van der Waals surface area contributed by atoms with Gasteiger partial charge in [-0.1, -0.05) is 29.4 Å². The van der Waals surface area contributed by atoms with Gasteiger partial charge in [-0.25, -0.2) is 9.78 Å². The van der Waals surface area contributed by atoms with Crippen molar-refractivity contribution in [3.8, 4) is 11.5 Å². The van der Waals surface area contributed by atoms with Crippen LogP contribution in [0.15, 0.2) is 71.4 Å². The van der Waals surface area contributed by atoms with E-state index in [4.69, 9.17) is 19.1 Å². The van der Waals surface area contributed by atoms with E-state index in [1.807, 2.05) is 31.2 Å². The Bertz CT molecular complexity index is 1350. The van der Waals surface area contributed by atoms with Crippen LogP contribution >= 0.6 is 0 Å². The zero-order chi connectivity index (χ0) is 24.8. The number of hydrogen-bond acceptors (Lipinski definition) is 7. The number of carboxylic acids is 1. The van der Waals surface area contributed by atoms with Gasteiger partial charge in [0.25, 0.3) is 5.91 Å². The zero-order valence-electron chi connectivity index (χ0n) is 19.1. The van der Waals surface area contributed by atoms with Gasteiger partial charge in [0.2, 0.25) is 0 Å². The van der Waals surface area contributed by atoms with Gasteiger partial charge in [0.15, 0.2) is 0 Å². The first-order chi connectivity index (χ1) is 16.9. The van der Waals surface area contributed by atoms with E-state index in [9.17, 15) is 9.59 Å². The summed E-state index contributed by atoms with van der Waals surface area (Å²) in [5.74, 6) is 0.183. The first-order valence-corrected chi connectivity index (χ1v) is 10.8. The number of nitrogens with zero attached hydrogens (tertiary/aromatic N) is 2. The zero-order valence-corrected chi connectivity index (χ0v) is 19.1. The highest BCUT2D eigenvalue weighted by molar-refractivity contribution is 6.04. The second-order valence-electron chi connectivity index (χ2n) is 7.82. The highest BCUT2D eigenvalue weighted by Crippen LogP contribution is 2.26. The van der Waals surface area contributed by atoms with Crippen molar-refractivity contribution >= 4 is 17.7 Å². The van der Waals surface area contributed by atoms with Gasteiger partial charge in [-0.3, -0.25) is 4.79 Å². The largest absolute Gasteiger partial charge is 0.489 e. The Morgan fingerprint density at radius 3 is 2.31 bits per heavy atom. The Morgan fingerprint density at radius 1 is 0.943 bits per heavy atom. The van der Waals surface area contributed by atoms with E-state index in [-0.39, 0.29) is 23.6 Å². The van der Waals surface area contributed by atoms with E-state index in [1.165, 1.54) is 18.3 Å². The summed E-state index contributed by atoms with van der Waals surface area (Å²) in [5, 5.41) is 15.6. The van der Waals surface area contributed by atoms with Crippen LogP contribution in [0.3, 0.4) is 0 Å². The van der Waals surface area contributed by atoms with Crippen LogP contribution in [0.5, 0.6) is 11.5 Å². The standard InChI is InChI=1S/C26H23N3O6/c1-16-5-3-4-6-19(16)14-33-22-10-20(11-23(12-22)34-15-21-9-17(2)35-29-21)25(30)28-24-8-7-18(13-27-24)26(31)32/h3-13H,14-15H2,1-2H3,(H,31,32)(H,27,28,30). The molecule has 0 saturated heterocycles. The molecule has 1 amide bonds.